The Bertz CT molecular complexity index is 3500. The first-order valence-electron chi connectivity index (χ1n) is 33.9. The van der Waals surface area contributed by atoms with Crippen molar-refractivity contribution in [1.29, 1.82) is 0 Å². The average Bonchev–Trinajstić information content (AvgIpc) is 0.726. The fraction of sp³-hybridized carbons (Fsp3) is 0.547. The number of ether oxygens (including phenoxy) is 4. The molecular weight excluding hydrogens is 1190 g/mol. The third-order valence-electron chi connectivity index (χ3n) is 20.9. The van der Waals surface area contributed by atoms with Crippen LogP contribution in [0.5, 0.6) is 0 Å². The van der Waals surface area contributed by atoms with Gasteiger partial charge in [-0.15, -0.1) is 0 Å². The second kappa shape index (κ2) is 31.8. The molecule has 5 aliphatic rings. The summed E-state index contributed by atoms with van der Waals surface area (Å²) in [5.41, 5.74) is 12.5. The standard InChI is InChI=1S/C75H97N7O12/c1-49(2)68(80-65(85)30-36-91-38-40-93-42-43-94-41-39-92-37-35-77-64(84)28-29-67(87)82-48-55-16-9-8-14-51(55)18-19-54-15-10-11-17-60(54)82)61(83)44-50(3)69(88)79-57-25-21-53-23-27-63-73(5,59(53)46-57)32-13-34-75(63,7)71(90)81-70(89)74(6)33-12-31-72(4)58-45-56(78-66(86)47-76)24-20-52(58)22-26-62(72)74/h8-11,14-17,20-21,24-25,45-46,49-50,62-63,68H,12-13,22-23,26-44,47-48,76H2,1-7H3,(H,77,84)(H,78,86)(H,79,88)(H,80,85)(H,81,89,90)/t50-,62-,63-,68+,72-,73-,74+,75+/m1/s1. The summed E-state index contributed by atoms with van der Waals surface area (Å²) in [7, 11) is 0. The van der Waals surface area contributed by atoms with Gasteiger partial charge >= 0.3 is 0 Å². The molecule has 0 aromatic heterocycles. The van der Waals surface area contributed by atoms with Gasteiger partial charge in [0.2, 0.25) is 41.4 Å². The van der Waals surface area contributed by atoms with Crippen LogP contribution in [0.3, 0.4) is 0 Å². The lowest BCUT2D eigenvalue weighted by molar-refractivity contribution is -0.150. The number of hydrogen-bond acceptors (Lipinski definition) is 13. The fourth-order valence-electron chi connectivity index (χ4n) is 15.7. The zero-order valence-corrected chi connectivity index (χ0v) is 56.1. The van der Waals surface area contributed by atoms with Crippen LogP contribution < -0.4 is 37.2 Å². The van der Waals surface area contributed by atoms with E-state index in [4.69, 9.17) is 24.7 Å². The number of nitrogens with zero attached hydrogens (tertiary/aromatic N) is 1. The van der Waals surface area contributed by atoms with Crippen molar-refractivity contribution >= 4 is 64.2 Å². The number of ketones is 1. The summed E-state index contributed by atoms with van der Waals surface area (Å²) in [5, 5.41) is 14.7. The van der Waals surface area contributed by atoms with Gasteiger partial charge < -0.3 is 50.8 Å². The van der Waals surface area contributed by atoms with Crippen LogP contribution in [0.1, 0.15) is 164 Å². The van der Waals surface area contributed by atoms with Crippen LogP contribution >= 0.6 is 0 Å². The van der Waals surface area contributed by atoms with E-state index in [1.165, 1.54) is 11.1 Å². The van der Waals surface area contributed by atoms with Crippen LogP contribution in [0.15, 0.2) is 84.9 Å². The van der Waals surface area contributed by atoms with Crippen LogP contribution in [-0.4, -0.2) is 119 Å². The number of hydrogen-bond donors (Lipinski definition) is 6. The number of nitrogens with two attached hydrogens (primary N) is 1. The normalized spacial score (nSPS) is 23.1. The zero-order chi connectivity index (χ0) is 67.2. The largest absolute Gasteiger partial charge is 0.379 e. The Hall–Kier alpha value is -7.60. The third-order valence-corrected chi connectivity index (χ3v) is 20.9. The lowest BCUT2D eigenvalue weighted by atomic mass is 9.49. The highest BCUT2D eigenvalue weighted by atomic mass is 16.6. The van der Waals surface area contributed by atoms with Crippen molar-refractivity contribution in [2.75, 3.05) is 81.5 Å². The molecule has 9 rings (SSSR count). The minimum atomic E-state index is -0.825. The number of fused-ring (bicyclic) bond motifs is 8. The monoisotopic (exact) mass is 1290 g/mol. The molecule has 2 saturated carbocycles. The molecule has 94 heavy (non-hydrogen) atoms. The number of para-hydroxylation sites is 1. The quantitative estimate of drug-likeness (QED) is 0.0169. The second-order valence-electron chi connectivity index (χ2n) is 27.6. The highest BCUT2D eigenvalue weighted by Gasteiger charge is 2.58. The maximum Gasteiger partial charge on any atom is 0.238 e. The number of anilines is 3. The van der Waals surface area contributed by atoms with Crippen molar-refractivity contribution in [3.63, 3.8) is 0 Å². The van der Waals surface area contributed by atoms with Crippen LogP contribution in [-0.2, 0) is 87.5 Å². The van der Waals surface area contributed by atoms with Crippen LogP contribution in [0.4, 0.5) is 17.1 Å². The van der Waals surface area contributed by atoms with E-state index in [9.17, 15) is 38.4 Å². The summed E-state index contributed by atoms with van der Waals surface area (Å²) in [6.45, 7) is 16.8. The molecule has 1 aliphatic heterocycles. The highest BCUT2D eigenvalue weighted by molar-refractivity contribution is 6.01. The first kappa shape index (κ1) is 70.7. The van der Waals surface area contributed by atoms with E-state index >= 15 is 0 Å². The van der Waals surface area contributed by atoms with Gasteiger partial charge in [-0.25, -0.2) is 0 Å². The number of amides is 7. The molecule has 8 atom stereocenters. The van der Waals surface area contributed by atoms with Crippen LogP contribution in [0.25, 0.3) is 0 Å². The molecule has 0 spiro atoms. The smallest absolute Gasteiger partial charge is 0.238 e. The van der Waals surface area contributed by atoms with Crippen molar-refractivity contribution in [2.24, 2.45) is 40.2 Å². The Kier molecular flexibility index (Phi) is 23.9. The average molecular weight is 1290 g/mol. The first-order valence-corrected chi connectivity index (χ1v) is 33.9. The maximum atomic E-state index is 14.9. The third kappa shape index (κ3) is 16.5. The molecule has 0 bridgehead atoms. The number of aryl methyl sites for hydroxylation is 2. The SMILES string of the molecule is CC(C)[C@H](NC(=O)CCOCCOCCOCCOCCNC(=O)CCC(=O)N1Cc2ccccc2C#Cc2ccccc21)C(=O)C[C@@H](C)C(=O)Nc1ccc2c(c1)[C@@]1(C)CCC[C@](C)(C(=O)NC(=O)[C@@]3(C)CCC[C@]4(C)c5cc(NC(=O)CN)ccc5CC[C@@H]34)[C@@H]1CC2. The van der Waals surface area contributed by atoms with E-state index in [1.54, 1.807) is 11.8 Å². The van der Waals surface area contributed by atoms with E-state index in [2.05, 4.69) is 70.5 Å². The minimum Gasteiger partial charge on any atom is -0.379 e. The topological polar surface area (TPSA) is 263 Å². The summed E-state index contributed by atoms with van der Waals surface area (Å²) >= 11 is 0. The lowest BCUT2D eigenvalue weighted by Crippen LogP contribution is -2.60. The number of carbonyl (C=O) groups excluding carboxylic acids is 8. The molecule has 19 nitrogen and oxygen atoms in total. The number of carbonyl (C=O) groups is 8. The molecule has 7 N–H and O–H groups in total. The molecule has 19 heteroatoms. The van der Waals surface area contributed by atoms with Crippen molar-refractivity contribution in [1.82, 2.24) is 16.0 Å². The van der Waals surface area contributed by atoms with E-state index in [0.29, 0.717) is 70.3 Å². The van der Waals surface area contributed by atoms with Crippen LogP contribution in [0.2, 0.25) is 0 Å². The Morgan fingerprint density at radius 3 is 1.70 bits per heavy atom. The molecule has 0 saturated heterocycles. The number of benzene rings is 4. The van der Waals surface area contributed by atoms with E-state index in [1.807, 2.05) is 94.4 Å². The van der Waals surface area contributed by atoms with E-state index in [-0.39, 0.29) is 122 Å². The predicted molar refractivity (Wildman–Crippen MR) is 360 cm³/mol. The van der Waals surface area contributed by atoms with Gasteiger partial charge in [0.15, 0.2) is 5.78 Å². The summed E-state index contributed by atoms with van der Waals surface area (Å²) < 4.78 is 22.4. The Morgan fingerprint density at radius 2 is 1.12 bits per heavy atom. The molecule has 1 heterocycles. The molecule has 7 amide bonds. The second-order valence-corrected chi connectivity index (χ2v) is 27.6. The molecule has 2 fully saturated rings. The molecule has 0 radical (unpaired) electrons. The van der Waals surface area contributed by atoms with Gasteiger partial charge in [-0.2, -0.15) is 0 Å². The van der Waals surface area contributed by atoms with Gasteiger partial charge in [-0.1, -0.05) is 116 Å². The summed E-state index contributed by atoms with van der Waals surface area (Å²) in [5.74, 6) is 3.42. The molecule has 4 aliphatic carbocycles. The maximum absolute atomic E-state index is 14.9. The molecule has 0 unspecified atom stereocenters. The number of nitrogens with one attached hydrogen (secondary N) is 5. The molecule has 504 valence electrons. The number of imide groups is 1. The Balaban J connectivity index is 0.641. The zero-order valence-electron chi connectivity index (χ0n) is 56.1. The Morgan fingerprint density at radius 1 is 0.585 bits per heavy atom. The highest BCUT2D eigenvalue weighted by Crippen LogP contribution is 2.60. The van der Waals surface area contributed by atoms with Gasteiger partial charge in [0, 0.05) is 60.6 Å². The van der Waals surface area contributed by atoms with Gasteiger partial charge in [0.05, 0.1) is 88.5 Å². The van der Waals surface area contributed by atoms with Crippen molar-refractivity contribution < 1.29 is 57.3 Å². The van der Waals surface area contributed by atoms with Crippen LogP contribution in [0, 0.1) is 46.3 Å². The Labute approximate surface area is 554 Å². The fourth-order valence-corrected chi connectivity index (χ4v) is 15.7. The minimum absolute atomic E-state index is 0.0119. The number of Topliss-reactive ketones (excluding diaryl/α,β-unsaturated/α-hetero) is 1. The van der Waals surface area contributed by atoms with Crippen molar-refractivity contribution in [3.8, 4) is 11.8 Å². The van der Waals surface area contributed by atoms with E-state index in [0.717, 1.165) is 84.9 Å². The van der Waals surface area contributed by atoms with Gasteiger partial charge in [0.25, 0.3) is 0 Å². The molecular formula is C75H97N7O12. The first-order chi connectivity index (χ1) is 45.1. The van der Waals surface area contributed by atoms with Gasteiger partial charge in [0.1, 0.15) is 0 Å². The number of rotatable bonds is 29. The summed E-state index contributed by atoms with van der Waals surface area (Å²) in [6, 6.07) is 26.6. The van der Waals surface area contributed by atoms with Crippen molar-refractivity contribution in [2.45, 2.75) is 162 Å². The van der Waals surface area contributed by atoms with Crippen molar-refractivity contribution in [3.05, 3.63) is 124 Å². The van der Waals surface area contributed by atoms with Gasteiger partial charge in [-0.3, -0.25) is 43.7 Å². The predicted octanol–water partition coefficient (Wildman–Crippen LogP) is 8.92. The van der Waals surface area contributed by atoms with E-state index < -0.39 is 28.2 Å². The molecule has 4 aromatic carbocycles. The molecule has 4 aromatic rings. The lowest BCUT2D eigenvalue weighted by Gasteiger charge is -2.56. The summed E-state index contributed by atoms with van der Waals surface area (Å²) in [6.07, 6.45) is 7.91. The van der Waals surface area contributed by atoms with Gasteiger partial charge in [-0.05, 0) is 150 Å². The summed E-state index contributed by atoms with van der Waals surface area (Å²) in [4.78, 5) is 110.